The first kappa shape index (κ1) is 16.3. The minimum absolute atomic E-state index is 0.286. The second-order valence-corrected chi connectivity index (χ2v) is 6.44. The van der Waals surface area contributed by atoms with Crippen molar-refractivity contribution in [1.29, 1.82) is 0 Å². The topological polar surface area (TPSA) is 43.8 Å². The molecule has 0 bridgehead atoms. The maximum Gasteiger partial charge on any atom is 0.129 e. The van der Waals surface area contributed by atoms with Crippen LogP contribution in [0.3, 0.4) is 0 Å². The summed E-state index contributed by atoms with van der Waals surface area (Å²) in [6, 6.07) is 12.7. The van der Waals surface area contributed by atoms with E-state index in [1.54, 1.807) is 18.2 Å². The molecule has 0 atom stereocenters. The normalized spacial score (nSPS) is 11.7. The maximum absolute atomic E-state index is 13.5. The molecule has 2 aromatic carbocycles. The van der Waals surface area contributed by atoms with Crippen LogP contribution in [0.5, 0.6) is 0 Å². The highest BCUT2D eigenvalue weighted by molar-refractivity contribution is 5.58. The summed E-state index contributed by atoms with van der Waals surface area (Å²) in [6.45, 7) is 4.15. The molecule has 0 saturated carbocycles. The van der Waals surface area contributed by atoms with Gasteiger partial charge < -0.3 is 10.3 Å². The van der Waals surface area contributed by atoms with Crippen molar-refractivity contribution in [2.24, 2.45) is 5.73 Å². The van der Waals surface area contributed by atoms with Gasteiger partial charge in [-0.15, -0.1) is 0 Å². The van der Waals surface area contributed by atoms with Gasteiger partial charge in [-0.3, -0.25) is 0 Å². The fourth-order valence-electron chi connectivity index (χ4n) is 2.67. The van der Waals surface area contributed by atoms with Gasteiger partial charge in [0.15, 0.2) is 0 Å². The third-order valence-electron chi connectivity index (χ3n) is 3.72. The van der Waals surface area contributed by atoms with Crippen molar-refractivity contribution in [3.63, 3.8) is 0 Å². The van der Waals surface area contributed by atoms with Gasteiger partial charge in [0.25, 0.3) is 0 Å². The first-order valence-corrected chi connectivity index (χ1v) is 7.70. The summed E-state index contributed by atoms with van der Waals surface area (Å²) in [6.07, 6.45) is 1.82. The molecule has 0 aliphatic carbocycles. The van der Waals surface area contributed by atoms with Gasteiger partial charge in [-0.1, -0.05) is 24.3 Å². The van der Waals surface area contributed by atoms with Gasteiger partial charge in [-0.05, 0) is 43.7 Å². The van der Waals surface area contributed by atoms with Crippen molar-refractivity contribution in [2.75, 3.05) is 0 Å². The predicted molar refractivity (Wildman–Crippen MR) is 90.3 cm³/mol. The Morgan fingerprint density at radius 1 is 1.04 bits per heavy atom. The van der Waals surface area contributed by atoms with E-state index < -0.39 is 5.54 Å². The van der Waals surface area contributed by atoms with E-state index in [9.17, 15) is 8.78 Å². The van der Waals surface area contributed by atoms with Gasteiger partial charge in [0.05, 0.1) is 11.2 Å². The first-order valence-electron chi connectivity index (χ1n) is 7.70. The number of aromatic nitrogens is 2. The minimum Gasteiger partial charge on any atom is -0.328 e. The Morgan fingerprint density at radius 2 is 1.71 bits per heavy atom. The van der Waals surface area contributed by atoms with Crippen LogP contribution in [0, 0.1) is 11.6 Å². The van der Waals surface area contributed by atoms with Gasteiger partial charge >= 0.3 is 0 Å². The molecule has 24 heavy (non-hydrogen) atoms. The summed E-state index contributed by atoms with van der Waals surface area (Å²) >= 11 is 0. The zero-order valence-electron chi connectivity index (χ0n) is 13.6. The fourth-order valence-corrected chi connectivity index (χ4v) is 2.67. The zero-order chi connectivity index (χ0) is 17.3. The van der Waals surface area contributed by atoms with Crippen molar-refractivity contribution in [3.05, 3.63) is 77.8 Å². The summed E-state index contributed by atoms with van der Waals surface area (Å²) in [5.74, 6) is 0.0540. The van der Waals surface area contributed by atoms with Crippen LogP contribution < -0.4 is 5.73 Å². The average Bonchev–Trinajstić information content (AvgIpc) is 2.91. The molecule has 0 fully saturated rings. The fraction of sp³-hybridized carbons (Fsp3) is 0.211. The summed E-state index contributed by atoms with van der Waals surface area (Å²) in [5.41, 5.74) is 7.68. The van der Waals surface area contributed by atoms with Gasteiger partial charge in [0.1, 0.15) is 17.5 Å². The molecule has 0 saturated heterocycles. The highest BCUT2D eigenvalue weighted by Gasteiger charge is 2.23. The van der Waals surface area contributed by atoms with E-state index in [0.29, 0.717) is 23.6 Å². The average molecular weight is 327 g/mol. The van der Waals surface area contributed by atoms with E-state index in [4.69, 9.17) is 5.73 Å². The van der Waals surface area contributed by atoms with Crippen LogP contribution in [0.1, 0.15) is 25.2 Å². The first-order chi connectivity index (χ1) is 11.3. The molecule has 0 aliphatic rings. The molecule has 0 unspecified atom stereocenters. The molecule has 0 spiro atoms. The summed E-state index contributed by atoms with van der Waals surface area (Å²) in [7, 11) is 0. The number of benzene rings is 2. The number of nitrogens with zero attached hydrogens (tertiary/aromatic N) is 2. The number of nitrogens with two attached hydrogens (primary N) is 1. The van der Waals surface area contributed by atoms with E-state index in [1.165, 1.54) is 24.3 Å². The lowest BCUT2D eigenvalue weighted by molar-refractivity contribution is 0.485. The van der Waals surface area contributed by atoms with Crippen LogP contribution in [0.4, 0.5) is 8.78 Å². The Bertz CT molecular complexity index is 863. The quantitative estimate of drug-likeness (QED) is 0.785. The van der Waals surface area contributed by atoms with Crippen molar-refractivity contribution >= 4 is 0 Å². The van der Waals surface area contributed by atoms with Crippen molar-refractivity contribution < 1.29 is 8.78 Å². The van der Waals surface area contributed by atoms with Crippen molar-refractivity contribution in [2.45, 2.75) is 25.9 Å². The molecular formula is C19H19F2N3. The van der Waals surface area contributed by atoms with E-state index in [-0.39, 0.29) is 11.6 Å². The largest absolute Gasteiger partial charge is 0.328 e. The van der Waals surface area contributed by atoms with Crippen LogP contribution in [0.25, 0.3) is 11.3 Å². The van der Waals surface area contributed by atoms with Gasteiger partial charge in [-0.25, -0.2) is 13.8 Å². The molecule has 0 radical (unpaired) electrons. The van der Waals surface area contributed by atoms with Crippen LogP contribution in [0.2, 0.25) is 0 Å². The second-order valence-electron chi connectivity index (χ2n) is 6.44. The minimum atomic E-state index is -0.682. The number of halogens is 2. The van der Waals surface area contributed by atoms with Crippen LogP contribution in [-0.2, 0) is 12.1 Å². The zero-order valence-corrected chi connectivity index (χ0v) is 13.6. The molecule has 3 rings (SSSR count). The number of imidazole rings is 1. The molecule has 1 aromatic heterocycles. The van der Waals surface area contributed by atoms with Crippen LogP contribution in [-0.4, -0.2) is 9.55 Å². The third kappa shape index (κ3) is 3.51. The van der Waals surface area contributed by atoms with Crippen LogP contribution in [0.15, 0.2) is 54.7 Å². The molecule has 0 amide bonds. The van der Waals surface area contributed by atoms with Gasteiger partial charge in [0, 0.05) is 18.3 Å². The standard InChI is InChI=1S/C19H19F2N3/c1-19(2,22)18-23-17(14-6-4-8-16(21)10-14)12-24(18)11-13-5-3-7-15(20)9-13/h3-10,12H,11,22H2,1-2H3. The molecule has 3 nitrogen and oxygen atoms in total. The Morgan fingerprint density at radius 3 is 2.33 bits per heavy atom. The lowest BCUT2D eigenvalue weighted by Gasteiger charge is -2.19. The van der Waals surface area contributed by atoms with Crippen molar-refractivity contribution in [1.82, 2.24) is 9.55 Å². The Kier molecular flexibility index (Phi) is 4.20. The third-order valence-corrected chi connectivity index (χ3v) is 3.72. The van der Waals surface area contributed by atoms with E-state index in [1.807, 2.05) is 30.7 Å². The summed E-state index contributed by atoms with van der Waals surface area (Å²) in [4.78, 5) is 4.59. The number of hydrogen-bond donors (Lipinski definition) is 1. The Labute approximate surface area is 139 Å². The highest BCUT2D eigenvalue weighted by atomic mass is 19.1. The molecule has 5 heteroatoms. The van der Waals surface area contributed by atoms with Gasteiger partial charge in [-0.2, -0.15) is 0 Å². The molecule has 0 aliphatic heterocycles. The highest BCUT2D eigenvalue weighted by Crippen LogP contribution is 2.25. The lowest BCUT2D eigenvalue weighted by atomic mass is 10.1. The Hall–Kier alpha value is -2.53. The SMILES string of the molecule is CC(C)(N)c1nc(-c2cccc(F)c2)cn1Cc1cccc(F)c1. The number of hydrogen-bond acceptors (Lipinski definition) is 2. The predicted octanol–water partition coefficient (Wildman–Crippen LogP) is 4.07. The molecule has 1 heterocycles. The summed E-state index contributed by atoms with van der Waals surface area (Å²) < 4.78 is 28.8. The Balaban J connectivity index is 2.04. The van der Waals surface area contributed by atoms with E-state index >= 15 is 0 Å². The molecule has 3 aromatic rings. The van der Waals surface area contributed by atoms with E-state index in [2.05, 4.69) is 4.98 Å². The molecule has 2 N–H and O–H groups in total. The lowest BCUT2D eigenvalue weighted by Crippen LogP contribution is -2.32. The number of rotatable bonds is 4. The monoisotopic (exact) mass is 327 g/mol. The second kappa shape index (κ2) is 6.17. The van der Waals surface area contributed by atoms with E-state index in [0.717, 1.165) is 5.56 Å². The molecule has 124 valence electrons. The smallest absolute Gasteiger partial charge is 0.129 e. The molecular weight excluding hydrogens is 308 g/mol. The summed E-state index contributed by atoms with van der Waals surface area (Å²) in [5, 5.41) is 0. The van der Waals surface area contributed by atoms with Crippen molar-refractivity contribution in [3.8, 4) is 11.3 Å². The van der Waals surface area contributed by atoms with Gasteiger partial charge in [0.2, 0.25) is 0 Å². The van der Waals surface area contributed by atoms with Crippen LogP contribution >= 0.6 is 0 Å². The maximum atomic E-state index is 13.5.